The van der Waals surface area contributed by atoms with Crippen LogP contribution in [0.4, 0.5) is 5.69 Å². The van der Waals surface area contributed by atoms with Crippen molar-refractivity contribution in [3.8, 4) is 0 Å². The van der Waals surface area contributed by atoms with Gasteiger partial charge in [-0.3, -0.25) is 4.79 Å². The molecule has 0 spiro atoms. The van der Waals surface area contributed by atoms with E-state index in [1.165, 1.54) is 0 Å². The summed E-state index contributed by atoms with van der Waals surface area (Å²) in [4.78, 5) is 25.1. The van der Waals surface area contributed by atoms with E-state index in [0.717, 1.165) is 18.5 Å². The largest absolute Gasteiger partial charge is 0.460 e. The van der Waals surface area contributed by atoms with E-state index in [4.69, 9.17) is 4.74 Å². The quantitative estimate of drug-likeness (QED) is 0.336. The number of carbonyl (C=O) groups is 2. The molecule has 0 radical (unpaired) electrons. The number of anilines is 1. The van der Waals surface area contributed by atoms with E-state index in [-0.39, 0.29) is 0 Å². The molecule has 0 fully saturated rings. The SMILES string of the molecule is CCCCOC(=O)C(=O)c1ccc(N(C)C)cc1. The molecule has 0 aromatic heterocycles. The zero-order valence-electron chi connectivity index (χ0n) is 11.1. The molecule has 0 bridgehead atoms. The van der Waals surface area contributed by atoms with Crippen LogP contribution < -0.4 is 4.90 Å². The van der Waals surface area contributed by atoms with Crippen LogP contribution in [0.15, 0.2) is 24.3 Å². The molecule has 18 heavy (non-hydrogen) atoms. The molecule has 98 valence electrons. The van der Waals surface area contributed by atoms with Gasteiger partial charge in [0.15, 0.2) is 0 Å². The molecule has 0 unspecified atom stereocenters. The predicted octanol–water partition coefficient (Wildman–Crippen LogP) is 2.28. The lowest BCUT2D eigenvalue weighted by Crippen LogP contribution is -2.18. The first kappa shape index (κ1) is 14.2. The van der Waals surface area contributed by atoms with E-state index in [1.807, 2.05) is 25.9 Å². The molecular formula is C14H19NO3. The molecule has 0 aliphatic rings. The van der Waals surface area contributed by atoms with Gasteiger partial charge in [-0.2, -0.15) is 0 Å². The van der Waals surface area contributed by atoms with Crippen LogP contribution in [-0.2, 0) is 9.53 Å². The van der Waals surface area contributed by atoms with E-state index in [2.05, 4.69) is 0 Å². The van der Waals surface area contributed by atoms with Crippen molar-refractivity contribution >= 4 is 17.4 Å². The van der Waals surface area contributed by atoms with Crippen molar-refractivity contribution in [2.24, 2.45) is 0 Å². The fourth-order valence-electron chi connectivity index (χ4n) is 1.40. The van der Waals surface area contributed by atoms with E-state index < -0.39 is 11.8 Å². The van der Waals surface area contributed by atoms with Gasteiger partial charge in [0.05, 0.1) is 6.61 Å². The third kappa shape index (κ3) is 3.87. The van der Waals surface area contributed by atoms with Gasteiger partial charge < -0.3 is 9.64 Å². The van der Waals surface area contributed by atoms with Gasteiger partial charge >= 0.3 is 5.97 Å². The van der Waals surface area contributed by atoms with Gasteiger partial charge in [-0.1, -0.05) is 13.3 Å². The Balaban J connectivity index is 2.63. The summed E-state index contributed by atoms with van der Waals surface area (Å²) in [6.45, 7) is 2.30. The van der Waals surface area contributed by atoms with Crippen LogP contribution in [0.3, 0.4) is 0 Å². The van der Waals surface area contributed by atoms with Gasteiger partial charge in [0.25, 0.3) is 5.78 Å². The van der Waals surface area contributed by atoms with Gasteiger partial charge in [0.2, 0.25) is 0 Å². The second-order valence-electron chi connectivity index (χ2n) is 4.26. The van der Waals surface area contributed by atoms with Crippen LogP contribution >= 0.6 is 0 Å². The molecule has 0 aliphatic carbocycles. The lowest BCUT2D eigenvalue weighted by Gasteiger charge is -2.12. The number of rotatable bonds is 6. The summed E-state index contributed by atoms with van der Waals surface area (Å²) in [5, 5.41) is 0. The number of carbonyl (C=O) groups excluding carboxylic acids is 2. The molecule has 0 atom stereocenters. The fourth-order valence-corrected chi connectivity index (χ4v) is 1.40. The first-order chi connectivity index (χ1) is 8.56. The minimum atomic E-state index is -0.777. The molecule has 4 nitrogen and oxygen atoms in total. The Bertz CT molecular complexity index is 410. The third-order valence-corrected chi connectivity index (χ3v) is 2.56. The van der Waals surface area contributed by atoms with Gasteiger partial charge in [0.1, 0.15) is 0 Å². The standard InChI is InChI=1S/C14H19NO3/c1-4-5-10-18-14(17)13(16)11-6-8-12(9-7-11)15(2)3/h6-9H,4-5,10H2,1-3H3. The van der Waals surface area contributed by atoms with Crippen molar-refractivity contribution in [3.05, 3.63) is 29.8 Å². The minimum Gasteiger partial charge on any atom is -0.460 e. The van der Waals surface area contributed by atoms with Crippen molar-refractivity contribution in [3.63, 3.8) is 0 Å². The Labute approximate surface area is 108 Å². The predicted molar refractivity (Wildman–Crippen MR) is 71.0 cm³/mol. The topological polar surface area (TPSA) is 46.6 Å². The molecule has 0 heterocycles. The summed E-state index contributed by atoms with van der Waals surface area (Å²) >= 11 is 0. The van der Waals surface area contributed by atoms with Crippen LogP contribution in [0.1, 0.15) is 30.1 Å². The summed E-state index contributed by atoms with van der Waals surface area (Å²) in [6, 6.07) is 6.87. The zero-order chi connectivity index (χ0) is 13.5. The second kappa shape index (κ2) is 6.79. The Kier molecular flexibility index (Phi) is 5.36. The summed E-state index contributed by atoms with van der Waals surface area (Å²) in [7, 11) is 3.83. The molecule has 0 saturated heterocycles. The van der Waals surface area contributed by atoms with E-state index in [9.17, 15) is 9.59 Å². The maximum atomic E-state index is 11.7. The molecule has 4 heteroatoms. The molecule has 0 saturated carbocycles. The number of ether oxygens (including phenoxy) is 1. The summed E-state index contributed by atoms with van der Waals surface area (Å²) in [5.74, 6) is -1.36. The highest BCUT2D eigenvalue weighted by molar-refractivity contribution is 6.40. The third-order valence-electron chi connectivity index (χ3n) is 2.56. The highest BCUT2D eigenvalue weighted by atomic mass is 16.5. The highest BCUT2D eigenvalue weighted by Crippen LogP contribution is 2.13. The number of Topliss-reactive ketones (excluding diaryl/α,β-unsaturated/α-hetero) is 1. The van der Waals surface area contributed by atoms with Crippen molar-refractivity contribution < 1.29 is 14.3 Å². The van der Waals surface area contributed by atoms with Crippen LogP contribution in [0.25, 0.3) is 0 Å². The molecule has 1 rings (SSSR count). The molecule has 0 aliphatic heterocycles. The Morgan fingerprint density at radius 2 is 1.78 bits per heavy atom. The highest BCUT2D eigenvalue weighted by Gasteiger charge is 2.17. The van der Waals surface area contributed by atoms with Crippen LogP contribution in [0, 0.1) is 0 Å². The molecule has 1 aromatic rings. The maximum Gasteiger partial charge on any atom is 0.379 e. The van der Waals surface area contributed by atoms with Gasteiger partial charge in [-0.05, 0) is 30.7 Å². The smallest absolute Gasteiger partial charge is 0.379 e. The first-order valence-electron chi connectivity index (χ1n) is 6.05. The van der Waals surface area contributed by atoms with E-state index in [1.54, 1.807) is 24.3 Å². The van der Waals surface area contributed by atoms with E-state index >= 15 is 0 Å². The van der Waals surface area contributed by atoms with Crippen molar-refractivity contribution in [1.29, 1.82) is 0 Å². The molecular weight excluding hydrogens is 230 g/mol. The Morgan fingerprint density at radius 1 is 1.17 bits per heavy atom. The number of hydrogen-bond donors (Lipinski definition) is 0. The average molecular weight is 249 g/mol. The number of esters is 1. The van der Waals surface area contributed by atoms with Gasteiger partial charge in [-0.25, -0.2) is 4.79 Å². The lowest BCUT2D eigenvalue weighted by molar-refractivity contribution is -0.138. The minimum absolute atomic E-state index is 0.302. The second-order valence-corrected chi connectivity index (χ2v) is 4.26. The number of hydrogen-bond acceptors (Lipinski definition) is 4. The normalized spacial score (nSPS) is 9.94. The van der Waals surface area contributed by atoms with Crippen LogP contribution in [0.2, 0.25) is 0 Å². The molecule has 0 N–H and O–H groups in total. The van der Waals surface area contributed by atoms with Crippen molar-refractivity contribution in [1.82, 2.24) is 0 Å². The van der Waals surface area contributed by atoms with Crippen LogP contribution in [0.5, 0.6) is 0 Å². The number of unbranched alkanes of at least 4 members (excludes halogenated alkanes) is 1. The fraction of sp³-hybridized carbons (Fsp3) is 0.429. The first-order valence-corrected chi connectivity index (χ1v) is 6.05. The number of ketones is 1. The summed E-state index contributed by atoms with van der Waals surface area (Å²) in [6.07, 6.45) is 1.71. The van der Waals surface area contributed by atoms with E-state index in [0.29, 0.717) is 12.2 Å². The van der Waals surface area contributed by atoms with Gasteiger partial charge in [-0.15, -0.1) is 0 Å². The molecule has 1 aromatic carbocycles. The maximum absolute atomic E-state index is 11.7. The Hall–Kier alpha value is -1.84. The molecule has 0 amide bonds. The lowest BCUT2D eigenvalue weighted by atomic mass is 10.1. The van der Waals surface area contributed by atoms with Gasteiger partial charge in [0, 0.05) is 25.3 Å². The monoisotopic (exact) mass is 249 g/mol. The number of nitrogens with zero attached hydrogens (tertiary/aromatic N) is 1. The summed E-state index contributed by atoms with van der Waals surface area (Å²) < 4.78 is 4.88. The Morgan fingerprint density at radius 3 is 2.28 bits per heavy atom. The van der Waals surface area contributed by atoms with Crippen molar-refractivity contribution in [2.75, 3.05) is 25.6 Å². The zero-order valence-corrected chi connectivity index (χ0v) is 11.1. The van der Waals surface area contributed by atoms with Crippen molar-refractivity contribution in [2.45, 2.75) is 19.8 Å². The van der Waals surface area contributed by atoms with Crippen LogP contribution in [-0.4, -0.2) is 32.5 Å². The summed E-state index contributed by atoms with van der Waals surface area (Å²) in [5.41, 5.74) is 1.34. The number of benzene rings is 1. The average Bonchev–Trinajstić information content (AvgIpc) is 2.38.